The van der Waals surface area contributed by atoms with Gasteiger partial charge in [-0.05, 0) is 58.7 Å². The summed E-state index contributed by atoms with van der Waals surface area (Å²) in [6, 6.07) is 9.67. The number of pyridine rings is 1. The molecule has 0 unspecified atom stereocenters. The fraction of sp³-hybridized carbons (Fsp3) is 0.211. The van der Waals surface area contributed by atoms with Crippen LogP contribution in [0.1, 0.15) is 12.5 Å². The Labute approximate surface area is 183 Å². The first kappa shape index (κ1) is 22.1. The molecule has 0 radical (unpaired) electrons. The molecule has 0 saturated carbocycles. The third kappa shape index (κ3) is 5.95. The molecule has 30 heavy (non-hydrogen) atoms. The monoisotopic (exact) mass is 492 g/mol. The third-order valence-corrected chi connectivity index (χ3v) is 6.00. The van der Waals surface area contributed by atoms with Crippen LogP contribution in [0.15, 0.2) is 64.4 Å². The van der Waals surface area contributed by atoms with Crippen molar-refractivity contribution in [3.63, 3.8) is 0 Å². The summed E-state index contributed by atoms with van der Waals surface area (Å²) in [7, 11) is -3.71. The molecule has 0 aliphatic carbocycles. The minimum atomic E-state index is -3.71. The van der Waals surface area contributed by atoms with E-state index in [0.29, 0.717) is 16.0 Å². The maximum atomic E-state index is 12.6. The lowest BCUT2D eigenvalue weighted by molar-refractivity contribution is 0.281. The van der Waals surface area contributed by atoms with Crippen LogP contribution >= 0.6 is 15.9 Å². The predicted octanol–water partition coefficient (Wildman–Crippen LogP) is 2.65. The summed E-state index contributed by atoms with van der Waals surface area (Å²) in [4.78, 5) is 12.6. The molecule has 0 saturated heterocycles. The number of aromatic nitrogens is 3. The van der Waals surface area contributed by atoms with Gasteiger partial charge in [0, 0.05) is 36.9 Å². The maximum absolute atomic E-state index is 12.6. The summed E-state index contributed by atoms with van der Waals surface area (Å²) in [5.74, 6) is 0.793. The van der Waals surface area contributed by atoms with Crippen LogP contribution in [0.25, 0.3) is 0 Å². The van der Waals surface area contributed by atoms with E-state index in [1.165, 1.54) is 12.1 Å². The number of nitrogens with zero attached hydrogens (tertiary/aromatic N) is 3. The number of hydrogen-bond donors (Lipinski definition) is 4. The van der Waals surface area contributed by atoms with Gasteiger partial charge in [-0.25, -0.2) is 18.1 Å². The van der Waals surface area contributed by atoms with Crippen LogP contribution in [-0.4, -0.2) is 41.1 Å². The van der Waals surface area contributed by atoms with Crippen LogP contribution in [-0.2, 0) is 16.6 Å². The van der Waals surface area contributed by atoms with Crippen LogP contribution in [0.4, 0.5) is 17.5 Å². The van der Waals surface area contributed by atoms with Gasteiger partial charge < -0.3 is 15.7 Å². The zero-order valence-electron chi connectivity index (χ0n) is 16.1. The third-order valence-electron chi connectivity index (χ3n) is 4.02. The lowest BCUT2D eigenvalue weighted by Gasteiger charge is -2.14. The van der Waals surface area contributed by atoms with Crippen molar-refractivity contribution in [3.8, 4) is 0 Å². The number of rotatable bonds is 9. The highest BCUT2D eigenvalue weighted by molar-refractivity contribution is 9.10. The van der Waals surface area contributed by atoms with E-state index < -0.39 is 10.0 Å². The molecule has 11 heteroatoms. The van der Waals surface area contributed by atoms with Crippen molar-refractivity contribution in [2.45, 2.75) is 24.4 Å². The van der Waals surface area contributed by atoms with Gasteiger partial charge in [0.15, 0.2) is 0 Å². The van der Waals surface area contributed by atoms with Crippen LogP contribution in [0, 0.1) is 0 Å². The molecule has 2 aromatic heterocycles. The van der Waals surface area contributed by atoms with Crippen molar-refractivity contribution in [1.29, 1.82) is 0 Å². The Morgan fingerprint density at radius 2 is 1.97 bits per heavy atom. The summed E-state index contributed by atoms with van der Waals surface area (Å²) < 4.78 is 28.5. The number of hydrogen-bond acceptors (Lipinski definition) is 8. The van der Waals surface area contributed by atoms with Crippen molar-refractivity contribution in [3.05, 3.63) is 65.0 Å². The smallest absolute Gasteiger partial charge is 0.240 e. The molecule has 3 rings (SSSR count). The van der Waals surface area contributed by atoms with Crippen molar-refractivity contribution in [2.24, 2.45) is 0 Å². The molecule has 158 valence electrons. The van der Waals surface area contributed by atoms with E-state index in [2.05, 4.69) is 46.2 Å². The van der Waals surface area contributed by atoms with Crippen LogP contribution in [0.3, 0.4) is 0 Å². The minimum Gasteiger partial charge on any atom is -0.394 e. The van der Waals surface area contributed by atoms with Gasteiger partial charge >= 0.3 is 0 Å². The van der Waals surface area contributed by atoms with E-state index in [1.807, 2.05) is 6.92 Å². The highest BCUT2D eigenvalue weighted by Crippen LogP contribution is 2.23. The number of halogens is 1. The Kier molecular flexibility index (Phi) is 7.32. The molecular weight excluding hydrogens is 472 g/mol. The van der Waals surface area contributed by atoms with E-state index in [0.717, 1.165) is 5.56 Å². The van der Waals surface area contributed by atoms with Gasteiger partial charge in [-0.1, -0.05) is 6.07 Å². The second kappa shape index (κ2) is 9.94. The first-order chi connectivity index (χ1) is 14.4. The largest absolute Gasteiger partial charge is 0.394 e. The Morgan fingerprint density at radius 3 is 2.70 bits per heavy atom. The van der Waals surface area contributed by atoms with Gasteiger partial charge in [0.1, 0.15) is 5.82 Å². The van der Waals surface area contributed by atoms with Crippen molar-refractivity contribution >= 4 is 43.4 Å². The van der Waals surface area contributed by atoms with Crippen molar-refractivity contribution in [2.75, 3.05) is 17.2 Å². The van der Waals surface area contributed by atoms with Gasteiger partial charge in [0.2, 0.25) is 16.0 Å². The summed E-state index contributed by atoms with van der Waals surface area (Å²) in [6.07, 6.45) is 4.78. The zero-order valence-corrected chi connectivity index (χ0v) is 18.5. The Hall–Kier alpha value is -2.60. The zero-order chi connectivity index (χ0) is 21.6. The molecule has 1 aromatic carbocycles. The Morgan fingerprint density at radius 1 is 1.20 bits per heavy atom. The Bertz CT molecular complexity index is 1100. The number of aliphatic hydroxyl groups excluding tert-OH is 1. The quantitative estimate of drug-likeness (QED) is 0.358. The standard InChI is InChI=1S/C19H21BrN6O3S/c1-13(12-27)24-18-17(20)11-22-19(26-18)25-15-3-2-4-16(9-15)30(28,29)23-10-14-5-7-21-8-6-14/h2-9,11,13,23,27H,10,12H2,1H3,(H2,22,24,25,26)/t13-/m1/s1. The van der Waals surface area contributed by atoms with Crippen LogP contribution < -0.4 is 15.4 Å². The SMILES string of the molecule is C[C@H](CO)Nc1nc(Nc2cccc(S(=O)(=O)NCc3ccncc3)c2)ncc1Br. The second-order valence-corrected chi connectivity index (χ2v) is 9.07. The molecule has 0 fully saturated rings. The first-order valence-electron chi connectivity index (χ1n) is 9.03. The molecule has 0 amide bonds. The minimum absolute atomic E-state index is 0.0500. The molecule has 4 N–H and O–H groups in total. The molecule has 2 heterocycles. The lowest BCUT2D eigenvalue weighted by atomic mass is 10.3. The number of sulfonamides is 1. The average molecular weight is 493 g/mol. The normalized spacial score (nSPS) is 12.4. The number of nitrogens with one attached hydrogen (secondary N) is 3. The topological polar surface area (TPSA) is 129 Å². The highest BCUT2D eigenvalue weighted by atomic mass is 79.9. The number of anilines is 3. The van der Waals surface area contributed by atoms with Crippen molar-refractivity contribution < 1.29 is 13.5 Å². The average Bonchev–Trinajstić information content (AvgIpc) is 2.75. The molecule has 0 bridgehead atoms. The molecule has 0 spiro atoms. The second-order valence-electron chi connectivity index (χ2n) is 6.45. The van der Waals surface area contributed by atoms with Gasteiger partial charge in [0.25, 0.3) is 0 Å². The van der Waals surface area contributed by atoms with E-state index in [-0.39, 0.29) is 30.0 Å². The first-order valence-corrected chi connectivity index (χ1v) is 11.3. The summed E-state index contributed by atoms with van der Waals surface area (Å²) in [6.45, 7) is 1.93. The van der Waals surface area contributed by atoms with Gasteiger partial charge in [0.05, 0.1) is 16.0 Å². The lowest BCUT2D eigenvalue weighted by Crippen LogP contribution is -2.23. The highest BCUT2D eigenvalue weighted by Gasteiger charge is 2.15. The molecule has 0 aliphatic heterocycles. The van der Waals surface area contributed by atoms with E-state index >= 15 is 0 Å². The molecule has 0 aliphatic rings. The van der Waals surface area contributed by atoms with Crippen molar-refractivity contribution in [1.82, 2.24) is 19.7 Å². The van der Waals surface area contributed by atoms with Gasteiger partial charge in [-0.15, -0.1) is 0 Å². The molecule has 9 nitrogen and oxygen atoms in total. The fourth-order valence-corrected chi connectivity index (χ4v) is 3.81. The van der Waals surface area contributed by atoms with Crippen LogP contribution in [0.5, 0.6) is 0 Å². The van der Waals surface area contributed by atoms with E-state index in [9.17, 15) is 13.5 Å². The van der Waals surface area contributed by atoms with E-state index in [4.69, 9.17) is 0 Å². The number of benzene rings is 1. The summed E-state index contributed by atoms with van der Waals surface area (Å²) >= 11 is 3.36. The maximum Gasteiger partial charge on any atom is 0.240 e. The summed E-state index contributed by atoms with van der Waals surface area (Å²) in [5, 5.41) is 15.3. The van der Waals surface area contributed by atoms with Gasteiger partial charge in [-0.2, -0.15) is 4.98 Å². The summed E-state index contributed by atoms with van der Waals surface area (Å²) in [5.41, 5.74) is 1.33. The van der Waals surface area contributed by atoms with E-state index in [1.54, 1.807) is 42.9 Å². The number of aliphatic hydroxyl groups is 1. The molecule has 3 aromatic rings. The van der Waals surface area contributed by atoms with Gasteiger partial charge in [-0.3, -0.25) is 4.98 Å². The molecule has 1 atom stereocenters. The molecular formula is C19H21BrN6O3S. The van der Waals surface area contributed by atoms with Crippen LogP contribution in [0.2, 0.25) is 0 Å². The predicted molar refractivity (Wildman–Crippen MR) is 118 cm³/mol. The Balaban J connectivity index is 1.74. The fourth-order valence-electron chi connectivity index (χ4n) is 2.44.